The van der Waals surface area contributed by atoms with Crippen molar-refractivity contribution in [2.75, 3.05) is 6.61 Å². The average molecular weight is 603 g/mol. The van der Waals surface area contributed by atoms with Crippen LogP contribution in [-0.2, 0) is 19.3 Å². The predicted octanol–water partition coefficient (Wildman–Crippen LogP) is 13.3. The third kappa shape index (κ3) is 18.2. The Labute approximate surface area is 269 Å². The van der Waals surface area contributed by atoms with Gasteiger partial charge >= 0.3 is 0 Å². The minimum Gasteiger partial charge on any atom is -0.504 e. The van der Waals surface area contributed by atoms with Gasteiger partial charge in [-0.1, -0.05) is 169 Å². The monoisotopic (exact) mass is 603 g/mol. The van der Waals surface area contributed by atoms with Gasteiger partial charge in [-0.2, -0.15) is 0 Å². The van der Waals surface area contributed by atoms with Gasteiger partial charge in [0, 0.05) is 11.1 Å². The van der Waals surface area contributed by atoms with Crippen molar-refractivity contribution in [3.8, 4) is 17.2 Å². The Morgan fingerprint density at radius 3 is 1.07 bits per heavy atom. The quantitative estimate of drug-likeness (QED) is 0.0656. The molecule has 1 aromatic rings. The molecule has 3 nitrogen and oxygen atoms in total. The first-order valence-electron chi connectivity index (χ1n) is 19.3. The Hall–Kier alpha value is -1.38. The molecule has 0 saturated heterocycles. The molecule has 0 spiro atoms. The van der Waals surface area contributed by atoms with Crippen molar-refractivity contribution in [2.45, 2.75) is 214 Å². The summed E-state index contributed by atoms with van der Waals surface area (Å²) in [6.07, 6.45) is 35.8. The van der Waals surface area contributed by atoms with Gasteiger partial charge in [0.15, 0.2) is 11.5 Å². The largest absolute Gasteiger partial charge is 0.504 e. The summed E-state index contributed by atoms with van der Waals surface area (Å²) in [7, 11) is 0. The highest BCUT2D eigenvalue weighted by Crippen LogP contribution is 2.46. The highest BCUT2D eigenvalue weighted by atomic mass is 16.5. The van der Waals surface area contributed by atoms with E-state index in [0.29, 0.717) is 12.4 Å². The lowest BCUT2D eigenvalue weighted by molar-refractivity contribution is 0.282. The molecule has 252 valence electrons. The van der Waals surface area contributed by atoms with Crippen molar-refractivity contribution in [1.29, 1.82) is 0 Å². The fraction of sp³-hybridized carbons (Fsp3) is 0.850. The minimum absolute atomic E-state index is 0.0000848. The van der Waals surface area contributed by atoms with E-state index in [9.17, 15) is 10.2 Å². The molecule has 0 saturated carbocycles. The molecule has 2 N–H and O–H groups in total. The topological polar surface area (TPSA) is 49.7 Å². The number of phenols is 2. The van der Waals surface area contributed by atoms with E-state index < -0.39 is 0 Å². The van der Waals surface area contributed by atoms with Crippen molar-refractivity contribution in [2.24, 2.45) is 0 Å². The first-order chi connectivity index (χ1) is 21.1. The summed E-state index contributed by atoms with van der Waals surface area (Å²) in [6.45, 7) is 9.60. The molecule has 0 atom stereocenters. The molecule has 1 aromatic carbocycles. The number of hydrogen-bond acceptors (Lipinski definition) is 3. The van der Waals surface area contributed by atoms with E-state index in [0.717, 1.165) is 56.9 Å². The summed E-state index contributed by atoms with van der Waals surface area (Å²) >= 11 is 0. The molecule has 3 heteroatoms. The van der Waals surface area contributed by atoms with Crippen LogP contribution in [0.3, 0.4) is 0 Å². The Kier molecular flexibility index (Phi) is 25.9. The summed E-state index contributed by atoms with van der Waals surface area (Å²) in [5, 5.41) is 22.6. The Morgan fingerprint density at radius 1 is 0.349 bits per heavy atom. The predicted molar refractivity (Wildman–Crippen MR) is 189 cm³/mol. The molecule has 0 bridgehead atoms. The smallest absolute Gasteiger partial charge is 0.201 e. The van der Waals surface area contributed by atoms with E-state index in [-0.39, 0.29) is 11.5 Å². The van der Waals surface area contributed by atoms with E-state index in [1.807, 2.05) is 0 Å². The number of benzene rings is 1. The third-order valence-electron chi connectivity index (χ3n) is 9.31. The summed E-state index contributed by atoms with van der Waals surface area (Å²) in [6, 6.07) is 0. The molecule has 0 amide bonds. The summed E-state index contributed by atoms with van der Waals surface area (Å²) in [5.41, 5.74) is 3.53. The number of ether oxygens (including phenoxy) is 1. The molecular weight excluding hydrogens is 528 g/mol. The van der Waals surface area contributed by atoms with E-state index in [1.54, 1.807) is 0 Å². The van der Waals surface area contributed by atoms with Gasteiger partial charge in [0.25, 0.3) is 0 Å². The summed E-state index contributed by atoms with van der Waals surface area (Å²) in [4.78, 5) is 0. The van der Waals surface area contributed by atoms with Crippen LogP contribution in [0.15, 0.2) is 0 Å². The van der Waals surface area contributed by atoms with Crippen molar-refractivity contribution in [3.05, 3.63) is 16.7 Å². The van der Waals surface area contributed by atoms with Crippen molar-refractivity contribution < 1.29 is 14.9 Å². The van der Waals surface area contributed by atoms with Crippen molar-refractivity contribution >= 4 is 0 Å². The SMILES string of the molecule is CCCCCCCCCCc1c(O)c(O)c(OCCCC)c(CCCCCCCCCC)c1CCCCCCCCCC. The molecule has 43 heavy (non-hydrogen) atoms. The van der Waals surface area contributed by atoms with Gasteiger partial charge in [0.2, 0.25) is 5.75 Å². The van der Waals surface area contributed by atoms with Crippen LogP contribution in [0.1, 0.15) is 211 Å². The van der Waals surface area contributed by atoms with Crippen LogP contribution >= 0.6 is 0 Å². The normalized spacial score (nSPS) is 11.4. The van der Waals surface area contributed by atoms with Crippen molar-refractivity contribution in [3.63, 3.8) is 0 Å². The Balaban J connectivity index is 3.02. The first kappa shape index (κ1) is 39.6. The van der Waals surface area contributed by atoms with Crippen LogP contribution in [0.25, 0.3) is 0 Å². The fourth-order valence-electron chi connectivity index (χ4n) is 6.47. The highest BCUT2D eigenvalue weighted by molar-refractivity contribution is 5.62. The molecule has 0 radical (unpaired) electrons. The van der Waals surface area contributed by atoms with E-state index in [2.05, 4.69) is 27.7 Å². The lowest BCUT2D eigenvalue weighted by Gasteiger charge is -2.23. The summed E-state index contributed by atoms with van der Waals surface area (Å²) < 4.78 is 6.27. The average Bonchev–Trinajstić information content (AvgIpc) is 3.01. The number of unbranched alkanes of at least 4 members (excludes halogenated alkanes) is 22. The minimum atomic E-state index is -0.0000848. The second-order valence-electron chi connectivity index (χ2n) is 13.3. The first-order valence-corrected chi connectivity index (χ1v) is 19.3. The molecule has 1 rings (SSSR count). The third-order valence-corrected chi connectivity index (χ3v) is 9.31. The molecule has 0 aliphatic rings. The van der Waals surface area contributed by atoms with Crippen molar-refractivity contribution in [1.82, 2.24) is 0 Å². The van der Waals surface area contributed by atoms with Gasteiger partial charge in [0.05, 0.1) is 6.61 Å². The maximum absolute atomic E-state index is 11.3. The van der Waals surface area contributed by atoms with Crippen LogP contribution in [-0.4, -0.2) is 16.8 Å². The maximum Gasteiger partial charge on any atom is 0.201 e. The zero-order valence-electron chi connectivity index (χ0n) is 29.5. The molecule has 0 aliphatic carbocycles. The number of aromatic hydroxyl groups is 2. The second kappa shape index (κ2) is 28.1. The molecule has 0 fully saturated rings. The molecular formula is C40H74O3. The molecule has 0 aromatic heterocycles. The van der Waals surface area contributed by atoms with Gasteiger partial charge < -0.3 is 14.9 Å². The van der Waals surface area contributed by atoms with E-state index >= 15 is 0 Å². The summed E-state index contributed by atoms with van der Waals surface area (Å²) in [5.74, 6) is 0.687. The molecule has 0 unspecified atom stereocenters. The lowest BCUT2D eigenvalue weighted by atomic mass is 9.88. The highest BCUT2D eigenvalue weighted by Gasteiger charge is 2.24. The van der Waals surface area contributed by atoms with Gasteiger partial charge in [-0.15, -0.1) is 0 Å². The van der Waals surface area contributed by atoms with E-state index in [4.69, 9.17) is 4.74 Å². The number of phenolic OH excluding ortho intramolecular Hbond substituents is 2. The van der Waals surface area contributed by atoms with Gasteiger partial charge in [0.1, 0.15) is 0 Å². The maximum atomic E-state index is 11.3. The standard InChI is InChI=1S/C40H74O3/c1-5-9-13-16-19-22-25-28-31-35-36(32-29-26-23-20-17-14-10-6-2)38(41)39(42)40(43-34-12-8-4)37(35)33-30-27-24-21-18-15-11-7-3/h41-42H,5-34H2,1-4H3. The van der Waals surface area contributed by atoms with E-state index in [1.165, 1.54) is 146 Å². The van der Waals surface area contributed by atoms with Crippen LogP contribution in [0.4, 0.5) is 0 Å². The zero-order valence-corrected chi connectivity index (χ0v) is 29.5. The van der Waals surface area contributed by atoms with Crippen LogP contribution in [0.5, 0.6) is 17.2 Å². The lowest BCUT2D eigenvalue weighted by Crippen LogP contribution is -2.08. The Morgan fingerprint density at radius 2 is 0.674 bits per heavy atom. The van der Waals surface area contributed by atoms with Gasteiger partial charge in [-0.25, -0.2) is 0 Å². The van der Waals surface area contributed by atoms with Crippen LogP contribution in [0, 0.1) is 0 Å². The van der Waals surface area contributed by atoms with Crippen LogP contribution < -0.4 is 4.74 Å². The fourth-order valence-corrected chi connectivity index (χ4v) is 6.47. The number of hydrogen-bond donors (Lipinski definition) is 2. The zero-order chi connectivity index (χ0) is 31.4. The van der Waals surface area contributed by atoms with Crippen LogP contribution in [0.2, 0.25) is 0 Å². The number of rotatable bonds is 31. The Bertz CT molecular complexity index is 772. The second-order valence-corrected chi connectivity index (χ2v) is 13.3. The van der Waals surface area contributed by atoms with Gasteiger partial charge in [-0.3, -0.25) is 0 Å². The molecule has 0 heterocycles. The van der Waals surface area contributed by atoms with Gasteiger partial charge in [-0.05, 0) is 50.5 Å². The molecule has 0 aliphatic heterocycles.